The van der Waals surface area contributed by atoms with Crippen LogP contribution in [0.25, 0.3) is 0 Å². The van der Waals surface area contributed by atoms with Crippen molar-refractivity contribution >= 4 is 11.6 Å². The van der Waals surface area contributed by atoms with E-state index >= 15 is 0 Å². The highest BCUT2D eigenvalue weighted by atomic mass is 35.5. The molecular formula is C24H24ClF3N2O7. The van der Waals surface area contributed by atoms with Gasteiger partial charge < -0.3 is 34.6 Å². The van der Waals surface area contributed by atoms with Gasteiger partial charge in [-0.05, 0) is 29.3 Å². The van der Waals surface area contributed by atoms with Crippen molar-refractivity contribution in [2.75, 3.05) is 6.61 Å². The van der Waals surface area contributed by atoms with Crippen LogP contribution in [0.4, 0.5) is 13.2 Å². The van der Waals surface area contributed by atoms with Crippen LogP contribution in [-0.4, -0.2) is 67.9 Å². The quantitative estimate of drug-likeness (QED) is 0.292. The van der Waals surface area contributed by atoms with Crippen molar-refractivity contribution in [2.45, 2.75) is 49.9 Å². The number of benzene rings is 2. The van der Waals surface area contributed by atoms with Gasteiger partial charge in [0.25, 0.3) is 0 Å². The average molecular weight is 545 g/mol. The fourth-order valence-corrected chi connectivity index (χ4v) is 3.97. The van der Waals surface area contributed by atoms with Crippen molar-refractivity contribution in [1.82, 2.24) is 10.2 Å². The van der Waals surface area contributed by atoms with Crippen LogP contribution >= 0.6 is 11.6 Å². The van der Waals surface area contributed by atoms with Crippen LogP contribution in [-0.2, 0) is 23.9 Å². The molecule has 1 aliphatic heterocycles. The lowest BCUT2D eigenvalue weighted by Crippen LogP contribution is -2.60. The highest BCUT2D eigenvalue weighted by molar-refractivity contribution is 6.30. The molecule has 1 saturated heterocycles. The van der Waals surface area contributed by atoms with E-state index in [1.165, 1.54) is 0 Å². The molecule has 4 rings (SSSR count). The molecule has 0 bridgehead atoms. The number of alkyl halides is 3. The SMILES string of the molecule is OC[C@H]1O[C@@H](Oc2n[nH]c(C(F)(F)F)c2Cc2ccccc2OCc2ccc(Cl)cc2)[C@H](O)[C@@H](O)[C@@H]1O. The van der Waals surface area contributed by atoms with Crippen LogP contribution in [0, 0.1) is 0 Å². The van der Waals surface area contributed by atoms with Gasteiger partial charge in [-0.2, -0.15) is 13.2 Å². The third-order valence-electron chi connectivity index (χ3n) is 5.84. The van der Waals surface area contributed by atoms with Crippen LogP contribution in [0.1, 0.15) is 22.4 Å². The topological polar surface area (TPSA) is 137 Å². The lowest BCUT2D eigenvalue weighted by Gasteiger charge is -2.39. The molecule has 3 aromatic rings. The third-order valence-corrected chi connectivity index (χ3v) is 6.09. The number of nitrogens with one attached hydrogen (secondary N) is 1. The predicted molar refractivity (Wildman–Crippen MR) is 123 cm³/mol. The van der Waals surface area contributed by atoms with Gasteiger partial charge in [-0.15, -0.1) is 5.10 Å². The van der Waals surface area contributed by atoms with Gasteiger partial charge in [0.15, 0.2) is 0 Å². The highest BCUT2D eigenvalue weighted by Crippen LogP contribution is 2.38. The molecule has 0 spiro atoms. The lowest BCUT2D eigenvalue weighted by atomic mass is 9.99. The number of rotatable bonds is 8. The van der Waals surface area contributed by atoms with Crippen molar-refractivity contribution in [3.63, 3.8) is 0 Å². The number of aliphatic hydroxyl groups excluding tert-OH is 4. The Kier molecular flexibility index (Phi) is 8.26. The first-order chi connectivity index (χ1) is 17.6. The average Bonchev–Trinajstić information content (AvgIpc) is 3.27. The van der Waals surface area contributed by atoms with E-state index in [4.69, 9.17) is 25.8 Å². The number of para-hydroxylation sites is 1. The monoisotopic (exact) mass is 544 g/mol. The van der Waals surface area contributed by atoms with E-state index < -0.39 is 60.6 Å². The Hall–Kier alpha value is -2.87. The number of aliphatic hydroxyl groups is 4. The van der Waals surface area contributed by atoms with Gasteiger partial charge in [-0.3, -0.25) is 5.10 Å². The molecule has 1 fully saturated rings. The number of hydrogen-bond donors (Lipinski definition) is 5. The second kappa shape index (κ2) is 11.3. The summed E-state index contributed by atoms with van der Waals surface area (Å²) in [6.45, 7) is -0.593. The second-order valence-electron chi connectivity index (χ2n) is 8.39. The number of nitrogens with zero attached hydrogens (tertiary/aromatic N) is 1. The van der Waals surface area contributed by atoms with E-state index in [-0.39, 0.29) is 13.0 Å². The van der Waals surface area contributed by atoms with Crippen molar-refractivity contribution < 1.29 is 47.8 Å². The first-order valence-corrected chi connectivity index (χ1v) is 11.5. The maximum atomic E-state index is 13.8. The maximum Gasteiger partial charge on any atom is 0.433 e. The Morgan fingerprint density at radius 1 is 1.00 bits per heavy atom. The maximum absolute atomic E-state index is 13.8. The largest absolute Gasteiger partial charge is 0.489 e. The van der Waals surface area contributed by atoms with E-state index in [0.717, 1.165) is 5.56 Å². The summed E-state index contributed by atoms with van der Waals surface area (Å²) in [4.78, 5) is 0. The van der Waals surface area contributed by atoms with Crippen molar-refractivity contribution in [1.29, 1.82) is 0 Å². The molecule has 1 aliphatic rings. The fourth-order valence-electron chi connectivity index (χ4n) is 3.84. The molecule has 13 heteroatoms. The molecule has 5 N–H and O–H groups in total. The molecule has 2 aromatic carbocycles. The van der Waals surface area contributed by atoms with Crippen molar-refractivity contribution in [3.8, 4) is 11.6 Å². The summed E-state index contributed by atoms with van der Waals surface area (Å²) in [6, 6.07) is 13.4. The second-order valence-corrected chi connectivity index (χ2v) is 8.83. The van der Waals surface area contributed by atoms with Gasteiger partial charge in [0.05, 0.1) is 12.2 Å². The molecule has 9 nitrogen and oxygen atoms in total. The van der Waals surface area contributed by atoms with Crippen LogP contribution in [0.3, 0.4) is 0 Å². The minimum atomic E-state index is -4.82. The fraction of sp³-hybridized carbons (Fsp3) is 0.375. The Morgan fingerprint density at radius 2 is 1.70 bits per heavy atom. The van der Waals surface area contributed by atoms with E-state index in [2.05, 4.69) is 5.10 Å². The normalized spacial score (nSPS) is 24.2. The van der Waals surface area contributed by atoms with E-state index in [1.807, 2.05) is 5.10 Å². The summed E-state index contributed by atoms with van der Waals surface area (Å²) >= 11 is 5.89. The van der Waals surface area contributed by atoms with E-state index in [9.17, 15) is 33.6 Å². The van der Waals surface area contributed by atoms with Crippen LogP contribution in [0.15, 0.2) is 48.5 Å². The van der Waals surface area contributed by atoms with Gasteiger partial charge in [0.1, 0.15) is 42.5 Å². The summed E-state index contributed by atoms with van der Waals surface area (Å²) in [5.41, 5.74) is -0.390. The van der Waals surface area contributed by atoms with E-state index in [1.54, 1.807) is 48.5 Å². The first-order valence-electron chi connectivity index (χ1n) is 11.1. The molecule has 1 aromatic heterocycles. The number of H-pyrrole nitrogens is 1. The Labute approximate surface area is 214 Å². The Balaban J connectivity index is 1.60. The van der Waals surface area contributed by atoms with Gasteiger partial charge in [0, 0.05) is 11.4 Å². The zero-order chi connectivity index (χ0) is 26.7. The summed E-state index contributed by atoms with van der Waals surface area (Å²) in [5, 5.41) is 45.6. The number of ether oxygens (including phenoxy) is 3. The summed E-state index contributed by atoms with van der Waals surface area (Å²) in [7, 11) is 0. The van der Waals surface area contributed by atoms with E-state index in [0.29, 0.717) is 16.3 Å². The molecule has 0 saturated carbocycles. The van der Waals surface area contributed by atoms with Crippen LogP contribution in [0.2, 0.25) is 5.02 Å². The van der Waals surface area contributed by atoms with Crippen molar-refractivity contribution in [2.24, 2.45) is 0 Å². The summed E-state index contributed by atoms with van der Waals surface area (Å²) in [6.07, 6.45) is -13.4. The number of aromatic amines is 1. The Bertz CT molecular complexity index is 1190. The molecular weight excluding hydrogens is 521 g/mol. The molecule has 0 radical (unpaired) electrons. The Morgan fingerprint density at radius 3 is 2.38 bits per heavy atom. The zero-order valence-electron chi connectivity index (χ0n) is 19.1. The minimum Gasteiger partial charge on any atom is -0.489 e. The smallest absolute Gasteiger partial charge is 0.433 e. The molecule has 0 aliphatic carbocycles. The predicted octanol–water partition coefficient (Wildman–Crippen LogP) is 2.43. The first kappa shape index (κ1) is 27.2. The molecule has 0 unspecified atom stereocenters. The van der Waals surface area contributed by atoms with Crippen molar-refractivity contribution in [3.05, 3.63) is 75.9 Å². The number of hydrogen-bond acceptors (Lipinski definition) is 8. The van der Waals surface area contributed by atoms with Crippen LogP contribution < -0.4 is 9.47 Å². The molecule has 0 amide bonds. The lowest BCUT2D eigenvalue weighted by molar-refractivity contribution is -0.278. The molecule has 200 valence electrons. The molecule has 37 heavy (non-hydrogen) atoms. The number of aromatic nitrogens is 2. The van der Waals surface area contributed by atoms with Crippen LogP contribution in [0.5, 0.6) is 11.6 Å². The standard InChI is InChI=1S/C24H24ClF3N2O7/c25-14-7-5-12(6-8-14)11-35-16-4-2-1-3-13(16)9-15-21(24(26,27)28)29-30-22(15)37-23-20(34)19(33)18(32)17(10-31)36-23/h1-8,17-20,23,31-34H,9-11H2,(H,29,30)/t17-,18-,19+,20-,23+/m1/s1. The molecule has 5 atom stereocenters. The highest BCUT2D eigenvalue weighted by Gasteiger charge is 2.46. The third kappa shape index (κ3) is 6.17. The number of halogens is 4. The van der Waals surface area contributed by atoms with Gasteiger partial charge in [-0.1, -0.05) is 41.9 Å². The minimum absolute atomic E-state index is 0.139. The molecule has 2 heterocycles. The zero-order valence-corrected chi connectivity index (χ0v) is 19.9. The summed E-state index contributed by atoms with van der Waals surface area (Å²) < 4.78 is 57.9. The van der Waals surface area contributed by atoms with Gasteiger partial charge in [0.2, 0.25) is 12.2 Å². The summed E-state index contributed by atoms with van der Waals surface area (Å²) in [5.74, 6) is -0.213. The van der Waals surface area contributed by atoms with Gasteiger partial charge in [-0.25, -0.2) is 0 Å². The van der Waals surface area contributed by atoms with Gasteiger partial charge >= 0.3 is 6.18 Å².